The number of carbonyl (C=O) groups excluding carboxylic acids is 2. The number of rotatable bonds is 5. The topological polar surface area (TPSA) is 64.4 Å². The summed E-state index contributed by atoms with van der Waals surface area (Å²) in [5, 5.41) is 4.41. The predicted molar refractivity (Wildman–Crippen MR) is 89.2 cm³/mol. The van der Waals surface area contributed by atoms with Gasteiger partial charge >= 0.3 is 5.97 Å². The summed E-state index contributed by atoms with van der Waals surface area (Å²) in [6.07, 6.45) is 1.89. The fraction of sp³-hybridized carbons (Fsp3) is 0.312. The molecule has 1 amide bonds. The molecule has 23 heavy (non-hydrogen) atoms. The second-order valence-corrected chi connectivity index (χ2v) is 5.86. The summed E-state index contributed by atoms with van der Waals surface area (Å²) < 4.78 is 7.32. The maximum atomic E-state index is 12.4. The molecule has 2 rings (SSSR count). The van der Waals surface area contributed by atoms with Crippen LogP contribution in [-0.2, 0) is 17.8 Å². The highest BCUT2D eigenvalue weighted by Gasteiger charge is 2.16. The van der Waals surface area contributed by atoms with Crippen molar-refractivity contribution in [2.75, 3.05) is 14.2 Å². The molecule has 2 aromatic rings. The van der Waals surface area contributed by atoms with E-state index in [-0.39, 0.29) is 5.91 Å². The van der Waals surface area contributed by atoms with Gasteiger partial charge in [0.05, 0.1) is 29.4 Å². The average Bonchev–Trinajstić information content (AvgIpc) is 2.93. The normalized spacial score (nSPS) is 10.4. The number of halogens is 1. The van der Waals surface area contributed by atoms with Crippen LogP contribution in [0.4, 0.5) is 0 Å². The minimum Gasteiger partial charge on any atom is -0.465 e. The van der Waals surface area contributed by atoms with Gasteiger partial charge in [0, 0.05) is 25.4 Å². The van der Waals surface area contributed by atoms with Crippen molar-refractivity contribution < 1.29 is 14.3 Å². The molecule has 0 aliphatic carbocycles. The lowest BCUT2D eigenvalue weighted by Gasteiger charge is -2.16. The first-order valence-electron chi connectivity index (χ1n) is 7.12. The molecule has 0 aliphatic rings. The Labute approximate surface area is 143 Å². The zero-order valence-electron chi connectivity index (χ0n) is 13.2. The van der Waals surface area contributed by atoms with E-state index in [0.717, 1.165) is 16.7 Å². The van der Waals surface area contributed by atoms with Gasteiger partial charge < -0.3 is 9.64 Å². The third-order valence-corrected chi connectivity index (χ3v) is 4.06. The molecule has 0 aliphatic heterocycles. The van der Waals surface area contributed by atoms with Gasteiger partial charge in [-0.25, -0.2) is 4.79 Å². The largest absolute Gasteiger partial charge is 0.465 e. The quantitative estimate of drug-likeness (QED) is 0.749. The molecule has 1 heterocycles. The van der Waals surface area contributed by atoms with Crippen molar-refractivity contribution in [3.05, 3.63) is 51.8 Å². The lowest BCUT2D eigenvalue weighted by molar-refractivity contribution is 0.0600. The standard InChI is InChI=1S/C16H18BrN3O3/c1-4-20-9-13(17)14(18-20)10-19(2)15(21)11-5-7-12(8-6-11)16(22)23-3/h5-9H,4,10H2,1-3H3. The van der Waals surface area contributed by atoms with E-state index < -0.39 is 5.97 Å². The van der Waals surface area contributed by atoms with Crippen LogP contribution < -0.4 is 0 Å². The van der Waals surface area contributed by atoms with E-state index in [0.29, 0.717) is 17.7 Å². The van der Waals surface area contributed by atoms with Crippen molar-refractivity contribution in [1.82, 2.24) is 14.7 Å². The molecule has 7 heteroatoms. The SMILES string of the molecule is CCn1cc(Br)c(CN(C)C(=O)c2ccc(C(=O)OC)cc2)n1. The van der Waals surface area contributed by atoms with Crippen LogP contribution in [0, 0.1) is 0 Å². The second kappa shape index (κ2) is 7.41. The van der Waals surface area contributed by atoms with E-state index in [2.05, 4.69) is 25.8 Å². The monoisotopic (exact) mass is 379 g/mol. The summed E-state index contributed by atoms with van der Waals surface area (Å²) in [4.78, 5) is 25.4. The van der Waals surface area contributed by atoms with Gasteiger partial charge in [0.15, 0.2) is 0 Å². The van der Waals surface area contributed by atoms with Crippen LogP contribution in [0.3, 0.4) is 0 Å². The first-order chi connectivity index (χ1) is 11.0. The number of methoxy groups -OCH3 is 1. The van der Waals surface area contributed by atoms with Gasteiger partial charge in [-0.15, -0.1) is 0 Å². The van der Waals surface area contributed by atoms with E-state index in [1.165, 1.54) is 7.11 Å². The minimum atomic E-state index is -0.425. The van der Waals surface area contributed by atoms with E-state index in [1.54, 1.807) is 36.2 Å². The fourth-order valence-electron chi connectivity index (χ4n) is 2.09. The second-order valence-electron chi connectivity index (χ2n) is 5.01. The molecule has 6 nitrogen and oxygen atoms in total. The molecule has 0 saturated carbocycles. The molecular weight excluding hydrogens is 362 g/mol. The number of amides is 1. The van der Waals surface area contributed by atoms with Crippen LogP contribution in [0.1, 0.15) is 33.3 Å². The van der Waals surface area contributed by atoms with Crippen molar-refractivity contribution in [3.8, 4) is 0 Å². The molecular formula is C16H18BrN3O3. The molecule has 0 unspecified atom stereocenters. The lowest BCUT2D eigenvalue weighted by atomic mass is 10.1. The summed E-state index contributed by atoms with van der Waals surface area (Å²) >= 11 is 3.45. The summed E-state index contributed by atoms with van der Waals surface area (Å²) in [7, 11) is 3.04. The van der Waals surface area contributed by atoms with Crippen molar-refractivity contribution in [1.29, 1.82) is 0 Å². The van der Waals surface area contributed by atoms with Gasteiger partial charge in [0.2, 0.25) is 0 Å². The van der Waals surface area contributed by atoms with E-state index in [9.17, 15) is 9.59 Å². The highest BCUT2D eigenvalue weighted by atomic mass is 79.9. The molecule has 0 fully saturated rings. The highest BCUT2D eigenvalue weighted by molar-refractivity contribution is 9.10. The Kier molecular flexibility index (Phi) is 5.54. The lowest BCUT2D eigenvalue weighted by Crippen LogP contribution is -2.26. The molecule has 122 valence electrons. The van der Waals surface area contributed by atoms with Crippen LogP contribution in [-0.4, -0.2) is 40.7 Å². The molecule has 1 aromatic carbocycles. The van der Waals surface area contributed by atoms with Crippen molar-refractivity contribution in [3.63, 3.8) is 0 Å². The maximum absolute atomic E-state index is 12.4. The number of aromatic nitrogens is 2. The van der Waals surface area contributed by atoms with Gasteiger partial charge in [-0.3, -0.25) is 9.48 Å². The maximum Gasteiger partial charge on any atom is 0.337 e. The number of ether oxygens (including phenoxy) is 1. The number of nitrogens with zero attached hydrogens (tertiary/aromatic N) is 3. The van der Waals surface area contributed by atoms with Gasteiger partial charge in [0.25, 0.3) is 5.91 Å². The number of carbonyl (C=O) groups is 2. The average molecular weight is 380 g/mol. The number of aryl methyl sites for hydroxylation is 1. The first kappa shape index (κ1) is 17.2. The summed E-state index contributed by atoms with van der Waals surface area (Å²) in [5.41, 5.74) is 1.72. The Morgan fingerprint density at radius 1 is 1.26 bits per heavy atom. The number of hydrogen-bond donors (Lipinski definition) is 0. The Hall–Kier alpha value is -2.15. The zero-order chi connectivity index (χ0) is 17.0. The summed E-state index contributed by atoms with van der Waals surface area (Å²) in [6, 6.07) is 6.39. The summed E-state index contributed by atoms with van der Waals surface area (Å²) in [5.74, 6) is -0.564. The Morgan fingerprint density at radius 3 is 2.39 bits per heavy atom. The predicted octanol–water partition coefficient (Wildman–Crippen LogP) is 2.72. The van der Waals surface area contributed by atoms with E-state index >= 15 is 0 Å². The van der Waals surface area contributed by atoms with Crippen LogP contribution >= 0.6 is 15.9 Å². The van der Waals surface area contributed by atoms with E-state index in [1.807, 2.05) is 17.8 Å². The van der Waals surface area contributed by atoms with Crippen LogP contribution in [0.15, 0.2) is 34.9 Å². The Bertz CT molecular complexity index is 710. The Balaban J connectivity index is 2.09. The van der Waals surface area contributed by atoms with Crippen molar-refractivity contribution >= 4 is 27.8 Å². The van der Waals surface area contributed by atoms with Crippen LogP contribution in [0.5, 0.6) is 0 Å². The third-order valence-electron chi connectivity index (χ3n) is 3.40. The number of hydrogen-bond acceptors (Lipinski definition) is 4. The molecule has 0 atom stereocenters. The molecule has 0 bridgehead atoms. The van der Waals surface area contributed by atoms with Crippen LogP contribution in [0.2, 0.25) is 0 Å². The molecule has 0 saturated heterocycles. The van der Waals surface area contributed by atoms with Gasteiger partial charge in [-0.05, 0) is 47.1 Å². The molecule has 0 N–H and O–H groups in total. The zero-order valence-corrected chi connectivity index (χ0v) is 14.8. The van der Waals surface area contributed by atoms with Gasteiger partial charge in [-0.1, -0.05) is 0 Å². The van der Waals surface area contributed by atoms with E-state index in [4.69, 9.17) is 0 Å². The van der Waals surface area contributed by atoms with Crippen molar-refractivity contribution in [2.45, 2.75) is 20.0 Å². The number of benzene rings is 1. The fourth-order valence-corrected chi connectivity index (χ4v) is 2.53. The molecule has 0 radical (unpaired) electrons. The number of esters is 1. The van der Waals surface area contributed by atoms with Crippen LogP contribution in [0.25, 0.3) is 0 Å². The molecule has 0 spiro atoms. The van der Waals surface area contributed by atoms with Gasteiger partial charge in [-0.2, -0.15) is 5.10 Å². The summed E-state index contributed by atoms with van der Waals surface area (Å²) in [6.45, 7) is 3.16. The smallest absolute Gasteiger partial charge is 0.337 e. The van der Waals surface area contributed by atoms with Gasteiger partial charge in [0.1, 0.15) is 0 Å². The first-order valence-corrected chi connectivity index (χ1v) is 7.91. The highest BCUT2D eigenvalue weighted by Crippen LogP contribution is 2.17. The third kappa shape index (κ3) is 3.98. The van der Waals surface area contributed by atoms with Crippen molar-refractivity contribution in [2.24, 2.45) is 0 Å². The molecule has 1 aromatic heterocycles. The Morgan fingerprint density at radius 2 is 1.87 bits per heavy atom. The minimum absolute atomic E-state index is 0.139.